The van der Waals surface area contributed by atoms with Gasteiger partial charge in [0.15, 0.2) is 11.5 Å². The molecule has 0 spiro atoms. The van der Waals surface area contributed by atoms with Crippen LogP contribution < -0.4 is 5.43 Å². The van der Waals surface area contributed by atoms with E-state index in [1.807, 2.05) is 24.3 Å². The van der Waals surface area contributed by atoms with Crippen molar-refractivity contribution in [1.29, 1.82) is 0 Å². The molecule has 0 saturated carbocycles. The van der Waals surface area contributed by atoms with E-state index in [0.717, 1.165) is 15.8 Å². The Kier molecular flexibility index (Phi) is 6.49. The highest BCUT2D eigenvalue weighted by molar-refractivity contribution is 9.10. The topological polar surface area (TPSA) is 81.9 Å². The first-order chi connectivity index (χ1) is 11.1. The molecule has 2 rings (SSSR count). The van der Waals surface area contributed by atoms with Gasteiger partial charge in [0.25, 0.3) is 0 Å². The average molecular weight is 395 g/mol. The fourth-order valence-electron chi connectivity index (χ4n) is 1.70. The quantitative estimate of drug-likeness (QED) is 0.399. The molecule has 0 bridgehead atoms. The molecule has 0 fully saturated rings. The third kappa shape index (κ3) is 5.61. The first-order valence-corrected chi connectivity index (χ1v) is 8.66. The van der Waals surface area contributed by atoms with Crippen LogP contribution in [0.3, 0.4) is 0 Å². The van der Waals surface area contributed by atoms with Crippen LogP contribution >= 0.6 is 27.7 Å². The Bertz CT molecular complexity index is 722. The number of amides is 1. The highest BCUT2D eigenvalue weighted by Gasteiger charge is 2.03. The lowest BCUT2D eigenvalue weighted by Crippen LogP contribution is -2.19. The second-order valence-corrected chi connectivity index (χ2v) is 6.47. The van der Waals surface area contributed by atoms with E-state index in [4.69, 9.17) is 0 Å². The highest BCUT2D eigenvalue weighted by atomic mass is 79.9. The standard InChI is InChI=1S/C16H15BrN2O3S/c17-13-4-2-1-3-12(13)9-23-10-16(22)19-18-8-11-5-6-14(20)15(21)7-11/h1-8,20-21H,9-10H2,(H,19,22). The van der Waals surface area contributed by atoms with E-state index in [9.17, 15) is 15.0 Å². The smallest absolute Gasteiger partial charge is 0.250 e. The van der Waals surface area contributed by atoms with Gasteiger partial charge in [-0.05, 0) is 35.4 Å². The van der Waals surface area contributed by atoms with Crippen molar-refractivity contribution in [3.05, 3.63) is 58.1 Å². The van der Waals surface area contributed by atoms with Gasteiger partial charge in [0.2, 0.25) is 5.91 Å². The minimum Gasteiger partial charge on any atom is -0.504 e. The summed E-state index contributed by atoms with van der Waals surface area (Å²) in [5.41, 5.74) is 4.12. The van der Waals surface area contributed by atoms with Gasteiger partial charge in [-0.25, -0.2) is 5.43 Å². The molecule has 0 unspecified atom stereocenters. The number of thioether (sulfide) groups is 1. The van der Waals surface area contributed by atoms with Crippen LogP contribution in [0.15, 0.2) is 52.0 Å². The Morgan fingerprint density at radius 3 is 2.74 bits per heavy atom. The number of carbonyl (C=O) groups is 1. The number of phenols is 2. The Balaban J connectivity index is 1.75. The lowest BCUT2D eigenvalue weighted by molar-refractivity contribution is -0.118. The van der Waals surface area contributed by atoms with Gasteiger partial charge in [-0.15, -0.1) is 11.8 Å². The number of aromatic hydroxyl groups is 2. The number of rotatable bonds is 6. The summed E-state index contributed by atoms with van der Waals surface area (Å²) < 4.78 is 1.03. The van der Waals surface area contributed by atoms with Gasteiger partial charge in [-0.2, -0.15) is 5.10 Å². The van der Waals surface area contributed by atoms with E-state index >= 15 is 0 Å². The van der Waals surface area contributed by atoms with Crippen molar-refractivity contribution in [2.24, 2.45) is 5.10 Å². The average Bonchev–Trinajstić information content (AvgIpc) is 2.53. The summed E-state index contributed by atoms with van der Waals surface area (Å²) in [6, 6.07) is 12.2. The summed E-state index contributed by atoms with van der Waals surface area (Å²) in [7, 11) is 0. The van der Waals surface area contributed by atoms with E-state index in [-0.39, 0.29) is 17.4 Å². The molecule has 2 aromatic carbocycles. The highest BCUT2D eigenvalue weighted by Crippen LogP contribution is 2.24. The van der Waals surface area contributed by atoms with Crippen LogP contribution in [-0.4, -0.2) is 28.1 Å². The number of nitrogens with zero attached hydrogens (tertiary/aromatic N) is 1. The fraction of sp³-hybridized carbons (Fsp3) is 0.125. The van der Waals surface area contributed by atoms with E-state index in [2.05, 4.69) is 26.5 Å². The Labute approximate surface area is 146 Å². The summed E-state index contributed by atoms with van der Waals surface area (Å²) in [6.45, 7) is 0. The second kappa shape index (κ2) is 8.59. The van der Waals surface area contributed by atoms with Crippen molar-refractivity contribution in [3.63, 3.8) is 0 Å². The maximum Gasteiger partial charge on any atom is 0.250 e. The number of hydrogen-bond donors (Lipinski definition) is 3. The number of hydrogen-bond acceptors (Lipinski definition) is 5. The Morgan fingerprint density at radius 1 is 1.22 bits per heavy atom. The molecule has 0 radical (unpaired) electrons. The van der Waals surface area contributed by atoms with Crippen molar-refractivity contribution in [3.8, 4) is 11.5 Å². The predicted molar refractivity (Wildman–Crippen MR) is 95.8 cm³/mol. The molecule has 2 aromatic rings. The van der Waals surface area contributed by atoms with E-state index in [0.29, 0.717) is 11.3 Å². The molecule has 5 nitrogen and oxygen atoms in total. The van der Waals surface area contributed by atoms with Gasteiger partial charge < -0.3 is 10.2 Å². The fourth-order valence-corrected chi connectivity index (χ4v) is 3.14. The lowest BCUT2D eigenvalue weighted by atomic mass is 10.2. The molecular formula is C16H15BrN2O3S. The molecule has 120 valence electrons. The summed E-state index contributed by atoms with van der Waals surface area (Å²) in [4.78, 5) is 11.7. The van der Waals surface area contributed by atoms with Crippen LogP contribution in [0.4, 0.5) is 0 Å². The van der Waals surface area contributed by atoms with Gasteiger partial charge in [0.1, 0.15) is 0 Å². The van der Waals surface area contributed by atoms with Gasteiger partial charge in [-0.3, -0.25) is 4.79 Å². The zero-order chi connectivity index (χ0) is 16.7. The van der Waals surface area contributed by atoms with Crippen molar-refractivity contribution in [1.82, 2.24) is 5.43 Å². The minimum absolute atomic E-state index is 0.199. The molecule has 0 atom stereocenters. The summed E-state index contributed by atoms with van der Waals surface area (Å²) >= 11 is 4.96. The maximum absolute atomic E-state index is 11.7. The van der Waals surface area contributed by atoms with E-state index in [1.54, 1.807) is 6.07 Å². The molecule has 0 saturated heterocycles. The SMILES string of the molecule is O=C(CSCc1ccccc1Br)NN=Cc1ccc(O)c(O)c1. The first kappa shape index (κ1) is 17.4. The molecular weight excluding hydrogens is 380 g/mol. The molecule has 3 N–H and O–H groups in total. The van der Waals surface area contributed by atoms with Gasteiger partial charge >= 0.3 is 0 Å². The summed E-state index contributed by atoms with van der Waals surface area (Å²) in [5.74, 6) is 0.379. The van der Waals surface area contributed by atoms with Crippen LogP contribution in [0.25, 0.3) is 0 Å². The number of halogens is 1. The van der Waals surface area contributed by atoms with Crippen molar-refractivity contribution >= 4 is 39.8 Å². The summed E-state index contributed by atoms with van der Waals surface area (Å²) in [5, 5.41) is 22.4. The van der Waals surface area contributed by atoms with Crippen LogP contribution in [0, 0.1) is 0 Å². The van der Waals surface area contributed by atoms with E-state index in [1.165, 1.54) is 30.1 Å². The zero-order valence-corrected chi connectivity index (χ0v) is 14.5. The predicted octanol–water partition coefficient (Wildman–Crippen LogP) is 3.24. The summed E-state index contributed by atoms with van der Waals surface area (Å²) in [6.07, 6.45) is 1.40. The molecule has 0 aromatic heterocycles. The number of hydrazone groups is 1. The molecule has 7 heteroatoms. The molecule has 1 amide bonds. The van der Waals surface area contributed by atoms with Crippen LogP contribution in [0.1, 0.15) is 11.1 Å². The number of nitrogens with one attached hydrogen (secondary N) is 1. The molecule has 0 heterocycles. The van der Waals surface area contributed by atoms with Gasteiger partial charge in [0.05, 0.1) is 12.0 Å². The monoisotopic (exact) mass is 394 g/mol. The number of carbonyl (C=O) groups excluding carboxylic acids is 1. The normalized spacial score (nSPS) is 10.8. The van der Waals surface area contributed by atoms with Gasteiger partial charge in [-0.1, -0.05) is 34.1 Å². The first-order valence-electron chi connectivity index (χ1n) is 6.71. The zero-order valence-electron chi connectivity index (χ0n) is 12.1. The van der Waals surface area contributed by atoms with Crippen molar-refractivity contribution < 1.29 is 15.0 Å². The van der Waals surface area contributed by atoms with E-state index < -0.39 is 0 Å². The molecule has 0 aliphatic carbocycles. The number of benzene rings is 2. The second-order valence-electron chi connectivity index (χ2n) is 4.63. The van der Waals surface area contributed by atoms with Crippen molar-refractivity contribution in [2.75, 3.05) is 5.75 Å². The third-order valence-electron chi connectivity index (χ3n) is 2.85. The van der Waals surface area contributed by atoms with Crippen molar-refractivity contribution in [2.45, 2.75) is 5.75 Å². The third-order valence-corrected chi connectivity index (χ3v) is 4.61. The number of phenolic OH excluding ortho intramolecular Hbond substituents is 2. The molecule has 0 aliphatic rings. The van der Waals surface area contributed by atoms with Crippen LogP contribution in [0.2, 0.25) is 0 Å². The minimum atomic E-state index is -0.232. The molecule has 23 heavy (non-hydrogen) atoms. The maximum atomic E-state index is 11.7. The van der Waals surface area contributed by atoms with Gasteiger partial charge in [0, 0.05) is 10.2 Å². The lowest BCUT2D eigenvalue weighted by Gasteiger charge is -2.03. The largest absolute Gasteiger partial charge is 0.504 e. The Morgan fingerprint density at radius 2 is 2.00 bits per heavy atom. The van der Waals surface area contributed by atoms with Crippen LogP contribution in [-0.2, 0) is 10.5 Å². The van der Waals surface area contributed by atoms with Crippen LogP contribution in [0.5, 0.6) is 11.5 Å². The molecule has 0 aliphatic heterocycles. The Hall–Kier alpha value is -1.99.